The van der Waals surface area contributed by atoms with Gasteiger partial charge in [0, 0.05) is 12.2 Å². The Kier molecular flexibility index (Phi) is 20.7. The number of carboxylic acid groups (broad SMARTS) is 1. The summed E-state index contributed by atoms with van der Waals surface area (Å²) in [6, 6.07) is 0. The summed E-state index contributed by atoms with van der Waals surface area (Å²) in [7, 11) is 9.07. The van der Waals surface area contributed by atoms with Crippen molar-refractivity contribution in [2.75, 3.05) is 0 Å². The van der Waals surface area contributed by atoms with Crippen LogP contribution in [-0.2, 0) is 23.6 Å². The summed E-state index contributed by atoms with van der Waals surface area (Å²) in [5, 5.41) is 7.60. The molecule has 0 heterocycles. The van der Waals surface area contributed by atoms with Crippen LogP contribution in [0.25, 0.3) is 0 Å². The number of hydrogen-bond donors (Lipinski definition) is 1. The summed E-state index contributed by atoms with van der Waals surface area (Å²) < 4.78 is 12.4. The number of carbonyl (C=O) groups excluding carboxylic acids is 1. The van der Waals surface area contributed by atoms with E-state index >= 15 is 0 Å². The van der Waals surface area contributed by atoms with Crippen molar-refractivity contribution in [2.24, 2.45) is 0 Å². The maximum Gasteiger partial charge on any atom is 0.373 e. The number of rotatable bonds is 5. The van der Waals surface area contributed by atoms with E-state index in [1.807, 2.05) is 0 Å². The zero-order chi connectivity index (χ0) is 15.0. The van der Waals surface area contributed by atoms with Gasteiger partial charge in [-0.2, -0.15) is 0 Å². The molecular weight excluding hydrogens is 238 g/mol. The zero-order valence-electron chi connectivity index (χ0n) is 10.1. The van der Waals surface area contributed by atoms with Gasteiger partial charge >= 0.3 is 20.0 Å². The Morgan fingerprint density at radius 3 is 1.78 bits per heavy atom. The second-order valence-corrected chi connectivity index (χ2v) is 2.19. The molecule has 0 aliphatic heterocycles. The van der Waals surface area contributed by atoms with Crippen molar-refractivity contribution in [1.29, 1.82) is 0 Å². The lowest BCUT2D eigenvalue weighted by Crippen LogP contribution is -2.14. The molecule has 4 radical (unpaired) electrons. The Balaban J connectivity index is -0.000000212. The van der Waals surface area contributed by atoms with Crippen molar-refractivity contribution in [2.45, 2.75) is 13.2 Å². The molecule has 0 aromatic heterocycles. The topological polar surface area (TPSA) is 82.1 Å². The minimum Gasteiger partial charge on any atom is -0.573 e. The van der Waals surface area contributed by atoms with Gasteiger partial charge < -0.3 is 19.2 Å². The van der Waals surface area contributed by atoms with Crippen LogP contribution in [0.3, 0.4) is 0 Å². The van der Waals surface area contributed by atoms with Crippen LogP contribution in [0.5, 0.6) is 0 Å². The second-order valence-electron chi connectivity index (χ2n) is 2.19. The first kappa shape index (κ1) is 21.3. The highest BCUT2D eigenvalue weighted by molar-refractivity contribution is 5.98. The van der Waals surface area contributed by atoms with Crippen LogP contribution in [0, 0.1) is 0 Å². The average molecular weight is 252 g/mol. The lowest BCUT2D eigenvalue weighted by molar-refractivity contribution is -0.154. The largest absolute Gasteiger partial charge is 0.573 e. The van der Waals surface area contributed by atoms with Crippen molar-refractivity contribution in [1.82, 2.24) is 0 Å². The maximum absolute atomic E-state index is 10.3. The van der Waals surface area contributed by atoms with Gasteiger partial charge in [-0.1, -0.05) is 19.7 Å². The van der Waals surface area contributed by atoms with E-state index in [-0.39, 0.29) is 0 Å². The molecule has 1 unspecified atom stereocenters. The van der Waals surface area contributed by atoms with Gasteiger partial charge in [0.2, 0.25) is 0 Å². The van der Waals surface area contributed by atoms with E-state index in [4.69, 9.17) is 5.11 Å². The molecule has 1 N–H and O–H groups in total. The van der Waals surface area contributed by atoms with Gasteiger partial charge in [-0.3, -0.25) is 0 Å². The smallest absolute Gasteiger partial charge is 0.373 e. The molecule has 0 aromatic carbocycles. The number of ether oxygens (including phenoxy) is 1. The molecule has 18 heavy (non-hydrogen) atoms. The third kappa shape index (κ3) is 29.2. The minimum absolute atomic E-state index is 0.548. The van der Waals surface area contributed by atoms with E-state index in [1.54, 1.807) is 0 Å². The fraction of sp³-hybridized carbons (Fsp3) is 0.200. The van der Waals surface area contributed by atoms with E-state index < -0.39 is 18.2 Å². The van der Waals surface area contributed by atoms with Crippen LogP contribution in [0.1, 0.15) is 6.92 Å². The van der Waals surface area contributed by atoms with Gasteiger partial charge in [0.25, 0.3) is 8.05 Å². The number of esters is 1. The third-order valence-corrected chi connectivity index (χ3v) is 0.911. The molecule has 0 bridgehead atoms. The zero-order valence-corrected chi connectivity index (χ0v) is 10.1. The fourth-order valence-corrected chi connectivity index (χ4v) is 0.239. The van der Waals surface area contributed by atoms with E-state index in [2.05, 4.69) is 49.9 Å². The first-order valence-corrected chi connectivity index (χ1v) is 4.39. The summed E-state index contributed by atoms with van der Waals surface area (Å²) in [6.07, 6.45) is 2.31. The van der Waals surface area contributed by atoms with Crippen LogP contribution < -0.4 is 0 Å². The fourth-order valence-electron chi connectivity index (χ4n) is 0.239. The normalized spacial score (nSPS) is 8.94. The summed E-state index contributed by atoms with van der Waals surface area (Å²) in [5.74, 6) is -1.53. The van der Waals surface area contributed by atoms with E-state index in [0.29, 0.717) is 0 Å². The molecule has 0 aliphatic rings. The molecule has 0 spiro atoms. The van der Waals surface area contributed by atoms with Crippen LogP contribution in [0.2, 0.25) is 0 Å². The van der Waals surface area contributed by atoms with Gasteiger partial charge in [0.1, 0.15) is 0 Å². The minimum atomic E-state index is -0.981. The number of aliphatic carboxylic acids is 1. The third-order valence-electron chi connectivity index (χ3n) is 0.911. The van der Waals surface area contributed by atoms with E-state index in [0.717, 1.165) is 18.4 Å². The summed E-state index contributed by atoms with van der Waals surface area (Å²) in [4.78, 5) is 19.6. The predicted octanol–water partition coefficient (Wildman–Crippen LogP) is 0.649. The van der Waals surface area contributed by atoms with Gasteiger partial charge in [0.05, 0.1) is 6.26 Å². The Labute approximate surface area is 109 Å². The highest BCUT2D eigenvalue weighted by atomic mass is 16.7. The van der Waals surface area contributed by atoms with Crippen molar-refractivity contribution in [3.05, 3.63) is 38.2 Å². The summed E-state index contributed by atoms with van der Waals surface area (Å²) >= 11 is 0. The first-order chi connectivity index (χ1) is 8.39. The van der Waals surface area contributed by atoms with Crippen LogP contribution in [0.15, 0.2) is 38.2 Å². The molecule has 0 saturated carbocycles. The number of hydrogen-bond acceptors (Lipinski definition) is 5. The molecule has 0 saturated heterocycles. The lowest BCUT2D eigenvalue weighted by atomic mass is 10.5. The van der Waals surface area contributed by atoms with Gasteiger partial charge in [-0.05, 0) is 6.92 Å². The van der Waals surface area contributed by atoms with E-state index in [9.17, 15) is 9.59 Å². The lowest BCUT2D eigenvalue weighted by Gasteiger charge is -2.08. The molecular formula is C10H14B2O6. The second kappa shape index (κ2) is 17.4. The standard InChI is InChI=1S/C5H7BO3.C3H4O2.C2H3BO/c1-3-5(7)8-4(2)9-6;1-2-3(4)5;1-2-4-3/h3-4H,1H2,2H3;2H,1H2,(H,4,5);2H,1H2. The Morgan fingerprint density at radius 2 is 1.61 bits per heavy atom. The van der Waals surface area contributed by atoms with Crippen LogP contribution in [-0.4, -0.2) is 39.4 Å². The Bertz CT molecular complexity index is 267. The van der Waals surface area contributed by atoms with Crippen molar-refractivity contribution in [3.8, 4) is 0 Å². The molecule has 0 fully saturated rings. The molecule has 96 valence electrons. The first-order valence-electron chi connectivity index (χ1n) is 4.39. The monoisotopic (exact) mass is 252 g/mol. The molecule has 1 atom stereocenters. The summed E-state index contributed by atoms with van der Waals surface area (Å²) in [6.45, 7) is 10.8. The van der Waals surface area contributed by atoms with Crippen molar-refractivity contribution < 1.29 is 28.7 Å². The van der Waals surface area contributed by atoms with Gasteiger partial charge in [-0.25, -0.2) is 9.59 Å². The molecule has 0 aromatic rings. The quantitative estimate of drug-likeness (QED) is 0.254. The molecule has 8 heteroatoms. The van der Waals surface area contributed by atoms with Gasteiger partial charge in [-0.15, -0.1) is 0 Å². The molecule has 0 aliphatic carbocycles. The van der Waals surface area contributed by atoms with Crippen LogP contribution in [0.4, 0.5) is 0 Å². The Hall–Kier alpha value is -1.95. The van der Waals surface area contributed by atoms with Gasteiger partial charge in [0.15, 0.2) is 6.29 Å². The molecule has 0 rings (SSSR count). The maximum atomic E-state index is 10.3. The average Bonchev–Trinajstić information content (AvgIpc) is 2.39. The van der Waals surface area contributed by atoms with Crippen LogP contribution >= 0.6 is 0 Å². The van der Waals surface area contributed by atoms with Crippen molar-refractivity contribution in [3.63, 3.8) is 0 Å². The highest BCUT2D eigenvalue weighted by Crippen LogP contribution is 1.90. The Morgan fingerprint density at radius 1 is 1.22 bits per heavy atom. The predicted molar refractivity (Wildman–Crippen MR) is 67.5 cm³/mol. The number of carboxylic acids is 1. The highest BCUT2D eigenvalue weighted by Gasteiger charge is 2.01. The van der Waals surface area contributed by atoms with E-state index in [1.165, 1.54) is 6.92 Å². The SMILES string of the molecule is C=CC(=O)O.[B]OC(C)OC(=O)C=C.[B]OC=C. The van der Waals surface area contributed by atoms with Crippen molar-refractivity contribution >= 4 is 28.0 Å². The molecule has 0 amide bonds. The number of carbonyl (C=O) groups is 2. The molecule has 6 nitrogen and oxygen atoms in total. The summed E-state index contributed by atoms with van der Waals surface area (Å²) in [5.41, 5.74) is 0.